The molecule has 0 aromatic heterocycles. The maximum atomic E-state index is 11.3. The van der Waals surface area contributed by atoms with Crippen LogP contribution in [0.2, 0.25) is 0 Å². The number of rotatable bonds is 2. The quantitative estimate of drug-likeness (QED) is 0.636. The fraction of sp³-hybridized carbons (Fsp3) is 0.875. The second kappa shape index (κ2) is 2.71. The lowest BCUT2D eigenvalue weighted by atomic mass is 9.78. The summed E-state index contributed by atoms with van der Waals surface area (Å²) in [5.41, 5.74) is 5.23. The number of carbonyl (C=O) groups excluding carboxylic acids is 1. The Morgan fingerprint density at radius 3 is 2.75 bits per heavy atom. The molecule has 0 bridgehead atoms. The molecule has 4 heteroatoms. The molecule has 0 aromatic carbocycles. The largest absolute Gasteiger partial charge is 0.329 e. The van der Waals surface area contributed by atoms with E-state index in [1.54, 1.807) is 0 Å². The number of hydroxylamine groups is 2. The van der Waals surface area contributed by atoms with Crippen LogP contribution < -0.4 is 5.73 Å². The van der Waals surface area contributed by atoms with Gasteiger partial charge in [-0.1, -0.05) is 0 Å². The van der Waals surface area contributed by atoms with E-state index in [2.05, 4.69) is 0 Å². The van der Waals surface area contributed by atoms with E-state index in [1.165, 1.54) is 11.5 Å². The first-order valence-electron chi connectivity index (χ1n) is 4.45. The van der Waals surface area contributed by atoms with Gasteiger partial charge in [-0.3, -0.25) is 9.63 Å². The Labute approximate surface area is 71.6 Å². The molecule has 1 aliphatic carbocycles. The highest BCUT2D eigenvalue weighted by molar-refractivity contribution is 5.78. The van der Waals surface area contributed by atoms with Crippen LogP contribution in [0.25, 0.3) is 0 Å². The van der Waals surface area contributed by atoms with E-state index < -0.39 is 0 Å². The minimum Gasteiger partial charge on any atom is -0.329 e. The molecule has 1 saturated heterocycles. The van der Waals surface area contributed by atoms with E-state index in [1.807, 2.05) is 0 Å². The van der Waals surface area contributed by atoms with Gasteiger partial charge in [-0.15, -0.1) is 0 Å². The van der Waals surface area contributed by atoms with Gasteiger partial charge in [0.15, 0.2) is 0 Å². The van der Waals surface area contributed by atoms with Crippen molar-refractivity contribution < 1.29 is 9.63 Å². The van der Waals surface area contributed by atoms with Crippen molar-refractivity contribution in [1.82, 2.24) is 5.06 Å². The molecule has 1 saturated carbocycles. The molecule has 0 aromatic rings. The molecule has 68 valence electrons. The van der Waals surface area contributed by atoms with Gasteiger partial charge in [0, 0.05) is 6.54 Å². The van der Waals surface area contributed by atoms with Gasteiger partial charge in [-0.05, 0) is 19.3 Å². The summed E-state index contributed by atoms with van der Waals surface area (Å²) in [5, 5.41) is 1.43. The molecule has 4 nitrogen and oxygen atoms in total. The zero-order valence-corrected chi connectivity index (χ0v) is 7.08. The summed E-state index contributed by atoms with van der Waals surface area (Å²) in [5.74, 6) is 0.0974. The van der Waals surface area contributed by atoms with Gasteiger partial charge < -0.3 is 5.73 Å². The number of carbonyl (C=O) groups is 1. The normalized spacial score (nSPS) is 26.4. The summed E-state index contributed by atoms with van der Waals surface area (Å²) in [4.78, 5) is 16.9. The minimum absolute atomic E-state index is 0.0974. The molecule has 1 spiro atoms. The Balaban J connectivity index is 1.97. The van der Waals surface area contributed by atoms with E-state index >= 15 is 0 Å². The van der Waals surface area contributed by atoms with Crippen molar-refractivity contribution in [2.45, 2.75) is 31.3 Å². The van der Waals surface area contributed by atoms with Gasteiger partial charge in [0.25, 0.3) is 0 Å². The van der Waals surface area contributed by atoms with Gasteiger partial charge in [0.2, 0.25) is 5.91 Å². The lowest BCUT2D eigenvalue weighted by molar-refractivity contribution is -0.218. The van der Waals surface area contributed by atoms with Crippen molar-refractivity contribution in [3.8, 4) is 0 Å². The zero-order valence-electron chi connectivity index (χ0n) is 7.08. The van der Waals surface area contributed by atoms with Crippen LogP contribution in [0.15, 0.2) is 0 Å². The van der Waals surface area contributed by atoms with Crippen molar-refractivity contribution in [2.75, 3.05) is 13.1 Å². The zero-order chi connectivity index (χ0) is 8.60. The van der Waals surface area contributed by atoms with Gasteiger partial charge >= 0.3 is 0 Å². The van der Waals surface area contributed by atoms with E-state index in [4.69, 9.17) is 10.6 Å². The molecule has 0 radical (unpaired) electrons. The highest BCUT2D eigenvalue weighted by Gasteiger charge is 2.48. The second-order valence-electron chi connectivity index (χ2n) is 3.59. The van der Waals surface area contributed by atoms with E-state index in [9.17, 15) is 4.79 Å². The predicted molar refractivity (Wildman–Crippen MR) is 43.1 cm³/mol. The van der Waals surface area contributed by atoms with Crippen LogP contribution in [-0.2, 0) is 9.63 Å². The Bertz CT molecular complexity index is 201. The standard InChI is InChI=1S/C8H14N2O2/c9-4-5-10-7(11)6-8(12-10)2-1-3-8/h1-6,9H2. The maximum Gasteiger partial charge on any atom is 0.249 e. The molecule has 0 unspecified atom stereocenters. The number of amides is 1. The summed E-state index contributed by atoms with van der Waals surface area (Å²) in [7, 11) is 0. The van der Waals surface area contributed by atoms with Crippen molar-refractivity contribution in [2.24, 2.45) is 5.73 Å². The first-order chi connectivity index (χ1) is 5.76. The Morgan fingerprint density at radius 1 is 1.58 bits per heavy atom. The molecule has 2 rings (SSSR count). The smallest absolute Gasteiger partial charge is 0.249 e. The third-order valence-corrected chi connectivity index (χ3v) is 2.65. The second-order valence-corrected chi connectivity index (χ2v) is 3.59. The van der Waals surface area contributed by atoms with Crippen molar-refractivity contribution in [1.29, 1.82) is 0 Å². The summed E-state index contributed by atoms with van der Waals surface area (Å²) in [6.45, 7) is 1.00. The predicted octanol–water partition coefficient (Wildman–Crippen LogP) is 0.0317. The molecule has 2 N–H and O–H groups in total. The fourth-order valence-electron chi connectivity index (χ4n) is 1.81. The van der Waals surface area contributed by atoms with Crippen molar-refractivity contribution in [3.63, 3.8) is 0 Å². The average molecular weight is 170 g/mol. The topological polar surface area (TPSA) is 55.6 Å². The first-order valence-corrected chi connectivity index (χ1v) is 4.45. The number of nitrogens with zero attached hydrogens (tertiary/aromatic N) is 1. The fourth-order valence-corrected chi connectivity index (χ4v) is 1.81. The number of nitrogens with two attached hydrogens (primary N) is 1. The third-order valence-electron chi connectivity index (χ3n) is 2.65. The summed E-state index contributed by atoms with van der Waals surface area (Å²) in [6.07, 6.45) is 3.80. The Kier molecular flexibility index (Phi) is 1.81. The molecule has 12 heavy (non-hydrogen) atoms. The summed E-state index contributed by atoms with van der Waals surface area (Å²) in [6, 6.07) is 0. The summed E-state index contributed by atoms with van der Waals surface area (Å²) >= 11 is 0. The van der Waals surface area contributed by atoms with E-state index in [-0.39, 0.29) is 11.5 Å². The Morgan fingerprint density at radius 2 is 2.33 bits per heavy atom. The van der Waals surface area contributed by atoms with Crippen LogP contribution in [0.1, 0.15) is 25.7 Å². The average Bonchev–Trinajstić information content (AvgIpc) is 2.29. The number of hydrogen-bond acceptors (Lipinski definition) is 3. The Hall–Kier alpha value is -0.610. The maximum absolute atomic E-state index is 11.3. The lowest BCUT2D eigenvalue weighted by Gasteiger charge is -2.35. The third kappa shape index (κ3) is 1.11. The monoisotopic (exact) mass is 170 g/mol. The lowest BCUT2D eigenvalue weighted by Crippen LogP contribution is -2.38. The molecule has 2 aliphatic rings. The molecule has 2 fully saturated rings. The molecule has 1 aliphatic heterocycles. The van der Waals surface area contributed by atoms with Gasteiger partial charge in [-0.2, -0.15) is 0 Å². The first kappa shape index (κ1) is 8.01. The van der Waals surface area contributed by atoms with Crippen LogP contribution in [0, 0.1) is 0 Å². The van der Waals surface area contributed by atoms with E-state index in [0.717, 1.165) is 12.8 Å². The molecule has 0 atom stereocenters. The molecule has 1 heterocycles. The van der Waals surface area contributed by atoms with Gasteiger partial charge in [0.1, 0.15) is 5.60 Å². The summed E-state index contributed by atoms with van der Waals surface area (Å²) < 4.78 is 0. The minimum atomic E-state index is -0.119. The van der Waals surface area contributed by atoms with Gasteiger partial charge in [0.05, 0.1) is 13.0 Å². The highest BCUT2D eigenvalue weighted by Crippen LogP contribution is 2.43. The van der Waals surface area contributed by atoms with Crippen LogP contribution in [-0.4, -0.2) is 29.7 Å². The SMILES string of the molecule is NCCN1OC2(CCC2)CC1=O. The van der Waals surface area contributed by atoms with Crippen LogP contribution in [0.4, 0.5) is 0 Å². The molecule has 1 amide bonds. The van der Waals surface area contributed by atoms with Crippen LogP contribution in [0.5, 0.6) is 0 Å². The highest BCUT2D eigenvalue weighted by atomic mass is 16.7. The number of hydrogen-bond donors (Lipinski definition) is 1. The van der Waals surface area contributed by atoms with Crippen LogP contribution >= 0.6 is 0 Å². The molecular weight excluding hydrogens is 156 g/mol. The van der Waals surface area contributed by atoms with Gasteiger partial charge in [-0.25, -0.2) is 5.06 Å². The molecular formula is C8H14N2O2. The van der Waals surface area contributed by atoms with Crippen molar-refractivity contribution in [3.05, 3.63) is 0 Å². The van der Waals surface area contributed by atoms with Crippen molar-refractivity contribution >= 4 is 5.91 Å². The van der Waals surface area contributed by atoms with E-state index in [0.29, 0.717) is 19.5 Å². The van der Waals surface area contributed by atoms with Crippen LogP contribution in [0.3, 0.4) is 0 Å².